The molecule has 40 heavy (non-hydrogen) atoms. The highest BCUT2D eigenvalue weighted by Gasteiger charge is 2.44. The molecule has 5 heterocycles. The topological polar surface area (TPSA) is 165 Å². The van der Waals surface area contributed by atoms with Gasteiger partial charge in [0.15, 0.2) is 5.58 Å². The van der Waals surface area contributed by atoms with E-state index >= 15 is 0 Å². The molecule has 0 saturated carbocycles. The molecule has 5 rings (SSSR count). The van der Waals surface area contributed by atoms with Gasteiger partial charge in [-0.1, -0.05) is 6.07 Å². The van der Waals surface area contributed by atoms with Gasteiger partial charge in [0, 0.05) is 55.9 Å². The number of nitrogen functional groups attached to an aromatic ring is 1. The van der Waals surface area contributed by atoms with Crippen molar-refractivity contribution in [3.63, 3.8) is 0 Å². The summed E-state index contributed by atoms with van der Waals surface area (Å²) in [6.07, 6.45) is 1.21. The monoisotopic (exact) mass is 554 g/mol. The van der Waals surface area contributed by atoms with Crippen LogP contribution in [0.3, 0.4) is 0 Å². The molecule has 1 saturated heterocycles. The number of carbonyl (C=O) groups is 2. The molecule has 2 amide bonds. The predicted molar refractivity (Wildman–Crippen MR) is 142 cm³/mol. The van der Waals surface area contributed by atoms with Crippen LogP contribution in [-0.4, -0.2) is 59.1 Å². The lowest BCUT2D eigenvalue weighted by Gasteiger charge is -2.39. The van der Waals surface area contributed by atoms with Crippen molar-refractivity contribution in [2.24, 2.45) is 11.7 Å². The highest BCUT2D eigenvalue weighted by Crippen LogP contribution is 2.37. The highest BCUT2D eigenvalue weighted by atomic mass is 19.4. The molecule has 0 aromatic carbocycles. The van der Waals surface area contributed by atoms with E-state index in [1.165, 1.54) is 42.8 Å². The van der Waals surface area contributed by atoms with Gasteiger partial charge in [0.05, 0.1) is 23.5 Å². The Labute approximate surface area is 225 Å². The van der Waals surface area contributed by atoms with Gasteiger partial charge in [-0.15, -0.1) is 0 Å². The number of hydrogen-bond acceptors (Lipinski definition) is 9. The average Bonchev–Trinajstić information content (AvgIpc) is 3.27. The lowest BCUT2D eigenvalue weighted by molar-refractivity contribution is -0.177. The summed E-state index contributed by atoms with van der Waals surface area (Å²) in [6, 6.07) is 5.71. The molecule has 4 aromatic rings. The van der Waals surface area contributed by atoms with E-state index in [0.29, 0.717) is 16.8 Å². The van der Waals surface area contributed by atoms with Crippen molar-refractivity contribution in [2.75, 3.05) is 36.1 Å². The number of nitrogens with zero attached hydrogens (tertiary/aromatic N) is 4. The molecule has 0 aliphatic carbocycles. The van der Waals surface area contributed by atoms with Gasteiger partial charge in [-0.2, -0.15) is 13.2 Å². The largest absolute Gasteiger partial charge is 0.438 e. The van der Waals surface area contributed by atoms with E-state index in [0.717, 1.165) is 0 Å². The van der Waals surface area contributed by atoms with Crippen LogP contribution >= 0.6 is 0 Å². The molecule has 0 radical (unpaired) electrons. The van der Waals surface area contributed by atoms with Gasteiger partial charge in [0.1, 0.15) is 16.8 Å². The molecule has 4 aromatic heterocycles. The Morgan fingerprint density at radius 1 is 1.07 bits per heavy atom. The van der Waals surface area contributed by atoms with Crippen molar-refractivity contribution in [1.29, 1.82) is 0 Å². The second kappa shape index (κ2) is 10.4. The molecular weight excluding hydrogens is 529 g/mol. The predicted octanol–water partition coefficient (Wildman–Crippen LogP) is 3.19. The molecule has 14 heteroatoms. The summed E-state index contributed by atoms with van der Waals surface area (Å²) in [7, 11) is 1.51. The maximum Gasteiger partial charge on any atom is 0.393 e. The number of alkyl halides is 3. The van der Waals surface area contributed by atoms with Gasteiger partial charge in [-0.05, 0) is 24.6 Å². The van der Waals surface area contributed by atoms with E-state index in [-0.39, 0.29) is 59.3 Å². The minimum atomic E-state index is -4.40. The Hall–Kier alpha value is -4.72. The molecule has 0 unspecified atom stereocenters. The van der Waals surface area contributed by atoms with Gasteiger partial charge in [0.25, 0.3) is 11.8 Å². The highest BCUT2D eigenvalue weighted by molar-refractivity contribution is 6.15. The van der Waals surface area contributed by atoms with Crippen molar-refractivity contribution < 1.29 is 27.2 Å². The number of carbonyl (C=O) groups excluding carboxylic acids is 2. The number of aromatic nitrogens is 3. The summed E-state index contributed by atoms with van der Waals surface area (Å²) in [6.45, 7) is -0.121. The molecule has 1 aliphatic rings. The summed E-state index contributed by atoms with van der Waals surface area (Å²) in [5.41, 5.74) is 14.4. The third-order valence-electron chi connectivity index (χ3n) is 6.67. The summed E-state index contributed by atoms with van der Waals surface area (Å²) in [5.74, 6) is -2.78. The zero-order valence-corrected chi connectivity index (χ0v) is 21.2. The number of rotatable bonds is 5. The van der Waals surface area contributed by atoms with Gasteiger partial charge in [-0.25, -0.2) is 0 Å². The number of piperidine rings is 1. The van der Waals surface area contributed by atoms with Crippen LogP contribution in [-0.2, 0) is 0 Å². The first-order valence-corrected chi connectivity index (χ1v) is 12.2. The summed E-state index contributed by atoms with van der Waals surface area (Å²) in [5, 5.41) is 5.18. The van der Waals surface area contributed by atoms with Gasteiger partial charge in [-0.3, -0.25) is 24.5 Å². The van der Waals surface area contributed by atoms with Crippen molar-refractivity contribution in [2.45, 2.75) is 18.6 Å². The van der Waals surface area contributed by atoms with Crippen LogP contribution in [0.15, 0.2) is 53.5 Å². The molecule has 1 aliphatic heterocycles. The number of furan rings is 1. The fourth-order valence-electron chi connectivity index (χ4n) is 4.72. The van der Waals surface area contributed by atoms with Crippen LogP contribution in [0.2, 0.25) is 0 Å². The van der Waals surface area contributed by atoms with Gasteiger partial charge >= 0.3 is 6.18 Å². The average molecular weight is 555 g/mol. The van der Waals surface area contributed by atoms with Gasteiger partial charge in [0.2, 0.25) is 5.88 Å². The van der Waals surface area contributed by atoms with Crippen molar-refractivity contribution >= 4 is 40.2 Å². The van der Waals surface area contributed by atoms with Crippen molar-refractivity contribution in [3.8, 4) is 11.1 Å². The number of anilines is 3. The lowest BCUT2D eigenvalue weighted by atomic mass is 9.93. The maximum absolute atomic E-state index is 13.5. The Kier molecular flexibility index (Phi) is 7.02. The van der Waals surface area contributed by atoms with Crippen LogP contribution in [0, 0.1) is 5.92 Å². The molecule has 0 bridgehead atoms. The SMILES string of the molecule is CNC(=O)c1ccc(-c2cnc3c(C(=O)Nc4cnccc4N4C[C@@H](N)C[C@@H](C(F)(F)F)C4)c(N)oc3c2)cn1. The van der Waals surface area contributed by atoms with Crippen LogP contribution in [0.25, 0.3) is 22.2 Å². The van der Waals surface area contributed by atoms with Crippen LogP contribution < -0.4 is 27.0 Å². The Balaban J connectivity index is 1.41. The maximum atomic E-state index is 13.5. The number of nitrogens with two attached hydrogens (primary N) is 2. The fourth-order valence-corrected chi connectivity index (χ4v) is 4.72. The van der Waals surface area contributed by atoms with E-state index in [2.05, 4.69) is 25.6 Å². The molecule has 208 valence electrons. The normalized spacial score (nSPS) is 17.6. The first kappa shape index (κ1) is 26.9. The van der Waals surface area contributed by atoms with Crippen molar-refractivity contribution in [1.82, 2.24) is 20.3 Å². The number of hydrogen-bond donors (Lipinski definition) is 4. The van der Waals surface area contributed by atoms with Crippen LogP contribution in [0.5, 0.6) is 0 Å². The second-order valence-electron chi connectivity index (χ2n) is 9.41. The van der Waals surface area contributed by atoms with E-state index in [1.54, 1.807) is 18.2 Å². The number of halogens is 3. The molecule has 2 atom stereocenters. The molecule has 6 N–H and O–H groups in total. The first-order chi connectivity index (χ1) is 19.0. The third-order valence-corrected chi connectivity index (χ3v) is 6.67. The number of fused-ring (bicyclic) bond motifs is 1. The standard InChI is InChI=1S/C26H25F3N8O3/c1-32-24(38)17-3-2-13(8-34-17)14-6-20-22(35-9-14)21(23(31)40-20)25(39)36-18-10-33-5-4-19(18)37-11-15(26(27,28)29)7-16(30)12-37/h2-6,8-10,15-16H,7,11-12,30-31H2,1H3,(H,32,38)(H,36,39)/t15-,16+/m1/s1. The number of pyridine rings is 3. The number of amides is 2. The van der Waals surface area contributed by atoms with Crippen LogP contribution in [0.1, 0.15) is 27.3 Å². The molecule has 1 fully saturated rings. The minimum absolute atomic E-state index is 0.0343. The minimum Gasteiger partial charge on any atom is -0.438 e. The second-order valence-corrected chi connectivity index (χ2v) is 9.41. The van der Waals surface area contributed by atoms with E-state index in [1.807, 2.05) is 0 Å². The molecular formula is C26H25F3N8O3. The Bertz CT molecular complexity index is 1570. The first-order valence-electron chi connectivity index (χ1n) is 12.2. The van der Waals surface area contributed by atoms with E-state index in [4.69, 9.17) is 15.9 Å². The Morgan fingerprint density at radius 3 is 2.55 bits per heavy atom. The zero-order valence-electron chi connectivity index (χ0n) is 21.2. The summed E-state index contributed by atoms with van der Waals surface area (Å²) in [4.78, 5) is 39.1. The van der Waals surface area contributed by atoms with Gasteiger partial charge < -0.3 is 31.4 Å². The summed E-state index contributed by atoms with van der Waals surface area (Å²) < 4.78 is 46.1. The number of nitrogens with one attached hydrogen (secondary N) is 2. The smallest absolute Gasteiger partial charge is 0.393 e. The summed E-state index contributed by atoms with van der Waals surface area (Å²) >= 11 is 0. The Morgan fingerprint density at radius 2 is 1.85 bits per heavy atom. The molecule has 11 nitrogen and oxygen atoms in total. The third kappa shape index (κ3) is 5.25. The quantitative estimate of drug-likeness (QED) is 0.290. The van der Waals surface area contributed by atoms with E-state index in [9.17, 15) is 22.8 Å². The van der Waals surface area contributed by atoms with Crippen LogP contribution in [0.4, 0.5) is 30.4 Å². The lowest BCUT2D eigenvalue weighted by Crippen LogP contribution is -2.51. The molecule has 0 spiro atoms. The van der Waals surface area contributed by atoms with Crippen molar-refractivity contribution in [3.05, 3.63) is 60.3 Å². The fraction of sp³-hybridized carbons (Fsp3) is 0.269. The zero-order chi connectivity index (χ0) is 28.6. The van der Waals surface area contributed by atoms with E-state index < -0.39 is 24.0 Å².